The van der Waals surface area contributed by atoms with Gasteiger partial charge in [-0.15, -0.1) is 0 Å². The van der Waals surface area contributed by atoms with Gasteiger partial charge in [0.2, 0.25) is 0 Å². The van der Waals surface area contributed by atoms with Crippen molar-refractivity contribution in [3.05, 3.63) is 211 Å². The second-order valence-electron chi connectivity index (χ2n) is 13.7. The van der Waals surface area contributed by atoms with E-state index in [4.69, 9.17) is 5.73 Å². The molecule has 53 heavy (non-hydrogen) atoms. The maximum atomic E-state index is 6.56. The van der Waals surface area contributed by atoms with Crippen molar-refractivity contribution in [1.29, 1.82) is 0 Å². The zero-order valence-corrected chi connectivity index (χ0v) is 29.7. The van der Waals surface area contributed by atoms with Crippen molar-refractivity contribution >= 4 is 49.2 Å². The van der Waals surface area contributed by atoms with Gasteiger partial charge in [-0.2, -0.15) is 0 Å². The van der Waals surface area contributed by atoms with E-state index in [2.05, 4.69) is 210 Å². The number of allylic oxidation sites excluding steroid dienone is 1. The second-order valence-corrected chi connectivity index (χ2v) is 13.7. The van der Waals surface area contributed by atoms with Crippen LogP contribution in [0.3, 0.4) is 0 Å². The van der Waals surface area contributed by atoms with Crippen LogP contribution in [0.5, 0.6) is 0 Å². The lowest BCUT2D eigenvalue weighted by atomic mass is 10.0. The number of aryl methyl sites for hydroxylation is 1. The van der Waals surface area contributed by atoms with Crippen LogP contribution in [0.4, 0.5) is 0 Å². The summed E-state index contributed by atoms with van der Waals surface area (Å²) in [6.45, 7) is 2.21. The predicted octanol–water partition coefficient (Wildman–Crippen LogP) is 12.5. The molecule has 0 bridgehead atoms. The number of nitrogens with two attached hydrogens (primary N) is 1. The monoisotopic (exact) mass is 681 g/mol. The maximum Gasteiger partial charge on any atom is 0.0541 e. The summed E-state index contributed by atoms with van der Waals surface area (Å²) in [5.74, 6) is 0. The zero-order valence-electron chi connectivity index (χ0n) is 29.7. The second kappa shape index (κ2) is 13.7. The molecule has 0 radical (unpaired) electrons. The van der Waals surface area contributed by atoms with E-state index in [0.717, 1.165) is 34.6 Å². The van der Waals surface area contributed by atoms with Crippen LogP contribution in [0.15, 0.2) is 194 Å². The highest BCUT2D eigenvalue weighted by Gasteiger charge is 2.13. The molecule has 0 amide bonds. The third-order valence-corrected chi connectivity index (χ3v) is 10.3. The van der Waals surface area contributed by atoms with Gasteiger partial charge in [0.05, 0.1) is 16.6 Å². The van der Waals surface area contributed by atoms with Gasteiger partial charge in [-0.25, -0.2) is 0 Å². The molecule has 3 heteroatoms. The number of benzene rings is 7. The largest absolute Gasteiger partial charge is 0.398 e. The molecule has 0 aliphatic rings. The summed E-state index contributed by atoms with van der Waals surface area (Å²) in [6, 6.07) is 65.2. The Hall–Kier alpha value is -6.84. The van der Waals surface area contributed by atoms with Gasteiger partial charge in [-0.05, 0) is 113 Å². The molecule has 0 fully saturated rings. The predicted molar refractivity (Wildman–Crippen MR) is 225 cm³/mol. The van der Waals surface area contributed by atoms with Crippen LogP contribution >= 0.6 is 0 Å². The molecule has 7 aromatic carbocycles. The fourth-order valence-corrected chi connectivity index (χ4v) is 7.61. The van der Waals surface area contributed by atoms with E-state index in [9.17, 15) is 0 Å². The van der Waals surface area contributed by atoms with Crippen molar-refractivity contribution in [2.24, 2.45) is 5.73 Å². The molecular weight excluding hydrogens is 643 g/mol. The number of rotatable bonds is 6. The fraction of sp³-hybridized carbons (Fsp3) is 0.0400. The minimum atomic E-state index is 0.763. The Labute approximate surface area is 309 Å². The molecule has 0 unspecified atom stereocenters. The first kappa shape index (κ1) is 32.1. The maximum absolute atomic E-state index is 6.56. The lowest BCUT2D eigenvalue weighted by Crippen LogP contribution is -1.98. The van der Waals surface area contributed by atoms with Gasteiger partial charge in [0.15, 0.2) is 0 Å². The molecule has 2 N–H and O–H groups in total. The van der Waals surface area contributed by atoms with Crippen molar-refractivity contribution in [3.8, 4) is 22.5 Å². The van der Waals surface area contributed by atoms with Crippen LogP contribution < -0.4 is 5.73 Å². The highest BCUT2D eigenvalue weighted by Crippen LogP contribution is 2.35. The number of aromatic nitrogens is 2. The number of hydrogen-bond donors (Lipinski definition) is 1. The van der Waals surface area contributed by atoms with Gasteiger partial charge >= 0.3 is 0 Å². The first-order valence-electron chi connectivity index (χ1n) is 18.2. The highest BCUT2D eigenvalue weighted by molar-refractivity contribution is 6.10. The molecule has 3 nitrogen and oxygen atoms in total. The Bertz CT molecular complexity index is 2870. The normalized spacial score (nSPS) is 11.8. The van der Waals surface area contributed by atoms with Crippen LogP contribution in [0.1, 0.15) is 16.7 Å². The molecule has 0 saturated carbocycles. The molecule has 9 aromatic rings. The standard InChI is InChI=1S/C50H39N3/c1-35-32-38(14-11-31-52(42-15-3-2-4-16-42)48-19-9-7-17-44(35)48)40-26-30-50-46(34-40)45-18-8-10-20-49(45)53(50)43-27-21-36(22-28-43)23-29-47(51)41-25-24-37-12-5-6-13-39(37)33-41/h2-22,24-34H,23,51H2,1H3/b31-11?,35-32?,38-14?,47-29-. The minimum Gasteiger partial charge on any atom is -0.398 e. The van der Waals surface area contributed by atoms with Gasteiger partial charge in [-0.3, -0.25) is 0 Å². The van der Waals surface area contributed by atoms with Gasteiger partial charge in [0.25, 0.3) is 0 Å². The Morgan fingerprint density at radius 2 is 1.19 bits per heavy atom. The number of para-hydroxylation sites is 3. The lowest BCUT2D eigenvalue weighted by molar-refractivity contribution is 1.11. The molecule has 0 atom stereocenters. The first-order valence-corrected chi connectivity index (χ1v) is 18.2. The molecule has 0 aliphatic heterocycles. The Kier molecular flexibility index (Phi) is 8.30. The fourth-order valence-electron chi connectivity index (χ4n) is 7.61. The van der Waals surface area contributed by atoms with Crippen molar-refractivity contribution in [2.45, 2.75) is 13.3 Å². The molecular formula is C50H39N3. The Morgan fingerprint density at radius 1 is 0.509 bits per heavy atom. The molecule has 254 valence electrons. The summed E-state index contributed by atoms with van der Waals surface area (Å²) in [5.41, 5.74) is 19.0. The van der Waals surface area contributed by atoms with E-state index in [-0.39, 0.29) is 0 Å². The average Bonchev–Trinajstić information content (AvgIpc) is 3.57. The van der Waals surface area contributed by atoms with E-state index in [1.807, 2.05) is 0 Å². The van der Waals surface area contributed by atoms with Gasteiger partial charge in [0.1, 0.15) is 0 Å². The molecule has 2 aromatic heterocycles. The van der Waals surface area contributed by atoms with Crippen molar-refractivity contribution in [2.75, 3.05) is 0 Å². The lowest BCUT2D eigenvalue weighted by Gasteiger charge is -2.10. The van der Waals surface area contributed by atoms with Gasteiger partial charge in [-0.1, -0.05) is 127 Å². The van der Waals surface area contributed by atoms with Gasteiger partial charge in [0, 0.05) is 39.4 Å². The summed E-state index contributed by atoms with van der Waals surface area (Å²) < 4.78 is 4.65. The van der Waals surface area contributed by atoms with E-state index in [1.165, 1.54) is 60.2 Å². The summed E-state index contributed by atoms with van der Waals surface area (Å²) in [7, 11) is 0. The highest BCUT2D eigenvalue weighted by atomic mass is 15.0. The van der Waals surface area contributed by atoms with Crippen molar-refractivity contribution in [3.63, 3.8) is 0 Å². The minimum absolute atomic E-state index is 0.763. The smallest absolute Gasteiger partial charge is 0.0541 e. The molecule has 0 spiro atoms. The molecule has 0 saturated heterocycles. The summed E-state index contributed by atoms with van der Waals surface area (Å²) >= 11 is 0. The average molecular weight is 682 g/mol. The molecule has 2 heterocycles. The first-order chi connectivity index (χ1) is 26.1. The van der Waals surface area contributed by atoms with Crippen LogP contribution in [0.25, 0.3) is 71.7 Å². The number of fused-ring (bicyclic) bond motifs is 5. The van der Waals surface area contributed by atoms with Gasteiger partial charge < -0.3 is 14.9 Å². The molecule has 0 aliphatic carbocycles. The SMILES string of the molecule is Cc1cc(-c2ccc3c(c2)c2ccccc2n3-c2ccc(C/C=C(\N)c3ccc4ccccc4c3)cc2)cccn(-c2ccccc2)c2ccccc12. The van der Waals surface area contributed by atoms with Crippen LogP contribution in [0.2, 0.25) is 0 Å². The summed E-state index contributed by atoms with van der Waals surface area (Å²) in [5, 5.41) is 6.10. The van der Waals surface area contributed by atoms with Crippen molar-refractivity contribution < 1.29 is 0 Å². The topological polar surface area (TPSA) is 35.9 Å². The van der Waals surface area contributed by atoms with E-state index in [1.54, 1.807) is 0 Å². The Balaban J connectivity index is 1.08. The third kappa shape index (κ3) is 6.13. The van der Waals surface area contributed by atoms with E-state index in [0.29, 0.717) is 0 Å². The number of nitrogens with zero attached hydrogens (tertiary/aromatic N) is 2. The summed E-state index contributed by atoms with van der Waals surface area (Å²) in [6.07, 6.45) is 5.05. The summed E-state index contributed by atoms with van der Waals surface area (Å²) in [4.78, 5) is 0. The van der Waals surface area contributed by atoms with Crippen LogP contribution in [-0.4, -0.2) is 9.13 Å². The Morgan fingerprint density at radius 3 is 2.02 bits per heavy atom. The van der Waals surface area contributed by atoms with E-state index < -0.39 is 0 Å². The third-order valence-electron chi connectivity index (χ3n) is 10.3. The van der Waals surface area contributed by atoms with E-state index >= 15 is 0 Å². The van der Waals surface area contributed by atoms with Crippen molar-refractivity contribution in [1.82, 2.24) is 9.13 Å². The quantitative estimate of drug-likeness (QED) is 0.186. The van der Waals surface area contributed by atoms with Crippen LogP contribution in [-0.2, 0) is 6.42 Å². The number of hydrogen-bond acceptors (Lipinski definition) is 1. The molecule has 9 rings (SSSR count). The van der Waals surface area contributed by atoms with Crippen LogP contribution in [0, 0.1) is 6.92 Å². The zero-order chi connectivity index (χ0) is 35.7.